The molecule has 0 aromatic carbocycles. The van der Waals surface area contributed by atoms with Gasteiger partial charge in [-0.25, -0.2) is 4.79 Å². The summed E-state index contributed by atoms with van der Waals surface area (Å²) >= 11 is 0. The predicted octanol–water partition coefficient (Wildman–Crippen LogP) is -2.99. The van der Waals surface area contributed by atoms with Crippen molar-refractivity contribution in [1.29, 1.82) is 0 Å². The summed E-state index contributed by atoms with van der Waals surface area (Å²) in [6.07, 6.45) is 1.73. The number of nitrogens with one attached hydrogen (secondary N) is 3. The monoisotopic (exact) mass is 433 g/mol. The lowest BCUT2D eigenvalue weighted by Gasteiger charge is -2.27. The molecule has 0 fully saturated rings. The zero-order valence-electron chi connectivity index (χ0n) is 17.5. The zero-order valence-corrected chi connectivity index (χ0v) is 17.5. The molecule has 12 heteroatoms. The highest BCUT2D eigenvalue weighted by Crippen LogP contribution is 2.09. The normalized spacial score (nSPS) is 15.9. The SMILES string of the molecule is CCC(C)C(NC(=O)C(N)CO)C(=O)NC(CO)C(=O)NC(CCCCN)C(=O)O. The summed E-state index contributed by atoms with van der Waals surface area (Å²) < 4.78 is 0. The molecule has 30 heavy (non-hydrogen) atoms. The minimum Gasteiger partial charge on any atom is -0.480 e. The van der Waals surface area contributed by atoms with Crippen LogP contribution in [0.4, 0.5) is 0 Å². The van der Waals surface area contributed by atoms with Crippen molar-refractivity contribution < 1.29 is 34.5 Å². The van der Waals surface area contributed by atoms with Crippen LogP contribution in [0.3, 0.4) is 0 Å². The van der Waals surface area contributed by atoms with Gasteiger partial charge in [-0.2, -0.15) is 0 Å². The number of hydrogen-bond donors (Lipinski definition) is 8. The summed E-state index contributed by atoms with van der Waals surface area (Å²) in [7, 11) is 0. The van der Waals surface area contributed by atoms with Crippen molar-refractivity contribution in [3.8, 4) is 0 Å². The number of nitrogens with two attached hydrogens (primary N) is 2. The lowest BCUT2D eigenvalue weighted by Crippen LogP contribution is -2.59. The van der Waals surface area contributed by atoms with Gasteiger partial charge >= 0.3 is 5.97 Å². The highest BCUT2D eigenvalue weighted by Gasteiger charge is 2.32. The Morgan fingerprint density at radius 2 is 1.50 bits per heavy atom. The Bertz CT molecular complexity index is 575. The van der Waals surface area contributed by atoms with Crippen LogP contribution in [0.1, 0.15) is 39.5 Å². The molecule has 5 unspecified atom stereocenters. The maximum Gasteiger partial charge on any atom is 0.326 e. The van der Waals surface area contributed by atoms with E-state index in [1.165, 1.54) is 0 Å². The van der Waals surface area contributed by atoms with Gasteiger partial charge in [-0.05, 0) is 31.7 Å². The first-order valence-corrected chi connectivity index (χ1v) is 9.94. The van der Waals surface area contributed by atoms with Crippen molar-refractivity contribution in [1.82, 2.24) is 16.0 Å². The third-order valence-electron chi connectivity index (χ3n) is 4.70. The topological polar surface area (TPSA) is 217 Å². The third kappa shape index (κ3) is 9.48. The van der Waals surface area contributed by atoms with Gasteiger partial charge in [-0.15, -0.1) is 0 Å². The molecule has 0 heterocycles. The second-order valence-electron chi connectivity index (χ2n) is 7.09. The van der Waals surface area contributed by atoms with Crippen LogP contribution in [0, 0.1) is 5.92 Å². The first-order valence-electron chi connectivity index (χ1n) is 9.94. The number of aliphatic hydroxyl groups excluding tert-OH is 2. The van der Waals surface area contributed by atoms with Crippen LogP contribution >= 0.6 is 0 Å². The van der Waals surface area contributed by atoms with E-state index < -0.39 is 61.1 Å². The fourth-order valence-electron chi connectivity index (χ4n) is 2.52. The quantitative estimate of drug-likeness (QED) is 0.123. The molecule has 5 atom stereocenters. The summed E-state index contributed by atoms with van der Waals surface area (Å²) in [5.41, 5.74) is 10.8. The average Bonchev–Trinajstić information content (AvgIpc) is 2.73. The molecule has 174 valence electrons. The minimum atomic E-state index is -1.41. The van der Waals surface area contributed by atoms with Gasteiger partial charge in [0.05, 0.1) is 13.2 Å². The van der Waals surface area contributed by atoms with Gasteiger partial charge in [0.2, 0.25) is 17.7 Å². The van der Waals surface area contributed by atoms with Gasteiger partial charge in [0.25, 0.3) is 0 Å². The summed E-state index contributed by atoms with van der Waals surface area (Å²) in [6, 6.07) is -4.89. The van der Waals surface area contributed by atoms with Crippen LogP contribution < -0.4 is 27.4 Å². The molecular formula is C18H35N5O7. The molecule has 0 rings (SSSR count). The van der Waals surface area contributed by atoms with Gasteiger partial charge in [-0.3, -0.25) is 14.4 Å². The fourth-order valence-corrected chi connectivity index (χ4v) is 2.52. The Hall–Kier alpha value is -2.28. The van der Waals surface area contributed by atoms with Crippen molar-refractivity contribution >= 4 is 23.7 Å². The smallest absolute Gasteiger partial charge is 0.326 e. The van der Waals surface area contributed by atoms with E-state index in [1.807, 2.05) is 0 Å². The lowest BCUT2D eigenvalue weighted by molar-refractivity contribution is -0.143. The Labute approximate surface area is 175 Å². The van der Waals surface area contributed by atoms with Gasteiger partial charge in [-0.1, -0.05) is 20.3 Å². The molecule has 0 aliphatic rings. The Morgan fingerprint density at radius 1 is 0.900 bits per heavy atom. The minimum absolute atomic E-state index is 0.148. The number of aliphatic carboxylic acids is 1. The molecule has 0 aliphatic carbocycles. The molecule has 0 spiro atoms. The Morgan fingerprint density at radius 3 is 1.97 bits per heavy atom. The molecule has 0 bridgehead atoms. The van der Waals surface area contributed by atoms with Crippen LogP contribution in [0.5, 0.6) is 0 Å². The number of amides is 3. The first kappa shape index (κ1) is 27.7. The number of rotatable bonds is 15. The predicted molar refractivity (Wildman–Crippen MR) is 108 cm³/mol. The fraction of sp³-hybridized carbons (Fsp3) is 0.778. The third-order valence-corrected chi connectivity index (χ3v) is 4.70. The standard InChI is InChI=1S/C18H35N5O7/c1-3-10(2)14(23-15(26)11(20)8-24)17(28)22-13(9-25)16(27)21-12(18(29)30)6-4-5-7-19/h10-14,24-25H,3-9,19-20H2,1-2H3,(H,21,27)(H,22,28)(H,23,26)(H,29,30). The van der Waals surface area contributed by atoms with E-state index >= 15 is 0 Å². The summed E-state index contributed by atoms with van der Waals surface area (Å²) in [5.74, 6) is -3.94. The van der Waals surface area contributed by atoms with Gasteiger partial charge in [0.15, 0.2) is 0 Å². The van der Waals surface area contributed by atoms with Crippen molar-refractivity contribution in [3.63, 3.8) is 0 Å². The van der Waals surface area contributed by atoms with Crippen LogP contribution in [0.2, 0.25) is 0 Å². The second kappa shape index (κ2) is 14.7. The largest absolute Gasteiger partial charge is 0.480 e. The number of carboxylic acid groups (broad SMARTS) is 1. The molecule has 0 saturated carbocycles. The number of hydrogen-bond acceptors (Lipinski definition) is 8. The van der Waals surface area contributed by atoms with E-state index in [9.17, 15) is 29.4 Å². The second-order valence-corrected chi connectivity index (χ2v) is 7.09. The Balaban J connectivity index is 5.17. The molecule has 3 amide bonds. The van der Waals surface area contributed by atoms with E-state index in [4.69, 9.17) is 16.6 Å². The molecule has 12 nitrogen and oxygen atoms in total. The van der Waals surface area contributed by atoms with Crippen LogP contribution in [-0.2, 0) is 19.2 Å². The van der Waals surface area contributed by atoms with E-state index in [-0.39, 0.29) is 12.3 Å². The molecule has 0 aliphatic heterocycles. The molecule has 0 aromatic heterocycles. The van der Waals surface area contributed by atoms with Gasteiger partial charge in [0, 0.05) is 0 Å². The van der Waals surface area contributed by atoms with Crippen molar-refractivity contribution in [3.05, 3.63) is 0 Å². The summed E-state index contributed by atoms with van der Waals surface area (Å²) in [4.78, 5) is 48.3. The summed E-state index contributed by atoms with van der Waals surface area (Å²) in [6.45, 7) is 2.49. The average molecular weight is 434 g/mol. The zero-order chi connectivity index (χ0) is 23.3. The lowest BCUT2D eigenvalue weighted by atomic mass is 9.97. The van der Waals surface area contributed by atoms with Crippen molar-refractivity contribution in [2.45, 2.75) is 63.7 Å². The van der Waals surface area contributed by atoms with Crippen LogP contribution in [0.15, 0.2) is 0 Å². The van der Waals surface area contributed by atoms with E-state index in [0.29, 0.717) is 25.8 Å². The van der Waals surface area contributed by atoms with Gasteiger partial charge in [0.1, 0.15) is 24.2 Å². The maximum absolute atomic E-state index is 12.6. The van der Waals surface area contributed by atoms with E-state index in [0.717, 1.165) is 0 Å². The molecule has 10 N–H and O–H groups in total. The van der Waals surface area contributed by atoms with Crippen molar-refractivity contribution in [2.24, 2.45) is 17.4 Å². The maximum atomic E-state index is 12.6. The van der Waals surface area contributed by atoms with E-state index in [2.05, 4.69) is 16.0 Å². The van der Waals surface area contributed by atoms with Crippen LogP contribution in [-0.4, -0.2) is 82.9 Å². The number of carbonyl (C=O) groups excluding carboxylic acids is 3. The number of unbranched alkanes of at least 4 members (excludes halogenated alkanes) is 1. The molecule has 0 aromatic rings. The number of carboxylic acids is 1. The van der Waals surface area contributed by atoms with E-state index in [1.54, 1.807) is 13.8 Å². The highest BCUT2D eigenvalue weighted by atomic mass is 16.4. The molecule has 0 radical (unpaired) electrons. The summed E-state index contributed by atoms with van der Waals surface area (Å²) in [5, 5.41) is 34.8. The van der Waals surface area contributed by atoms with Crippen molar-refractivity contribution in [2.75, 3.05) is 19.8 Å². The van der Waals surface area contributed by atoms with Crippen LogP contribution in [0.25, 0.3) is 0 Å². The molecular weight excluding hydrogens is 398 g/mol. The Kier molecular flexibility index (Phi) is 13.5. The number of aliphatic hydroxyl groups is 2. The molecule has 0 saturated heterocycles. The number of carbonyl (C=O) groups is 4. The first-order chi connectivity index (χ1) is 14.1. The van der Waals surface area contributed by atoms with Gasteiger partial charge < -0.3 is 42.7 Å². The highest BCUT2D eigenvalue weighted by molar-refractivity contribution is 5.94.